The van der Waals surface area contributed by atoms with Gasteiger partial charge in [-0.1, -0.05) is 12.1 Å². The molecule has 0 bridgehead atoms. The van der Waals surface area contributed by atoms with Gasteiger partial charge in [-0.3, -0.25) is 4.79 Å². The number of benzene rings is 1. The first-order valence-corrected chi connectivity index (χ1v) is 8.36. The van der Waals surface area contributed by atoms with E-state index in [-0.39, 0.29) is 17.5 Å². The van der Waals surface area contributed by atoms with Crippen LogP contribution in [-0.4, -0.2) is 50.8 Å². The lowest BCUT2D eigenvalue weighted by molar-refractivity contribution is -0.914. The lowest BCUT2D eigenvalue weighted by Gasteiger charge is -2.37. The standard InChI is InChI=1S/C18H29N3O2/c1-14(17(22)19-18(2,3)4)20-10-12-21(13-11-20)15-8-6-7-9-16(15)23-5/h6-9,14H,10-13H2,1-5H3,(H,19,22)/p+1/t14-/m1/s1. The molecule has 2 rings (SSSR count). The molecule has 1 heterocycles. The summed E-state index contributed by atoms with van der Waals surface area (Å²) in [5.74, 6) is 1.05. The highest BCUT2D eigenvalue weighted by molar-refractivity contribution is 5.80. The minimum atomic E-state index is -0.177. The number of hydrogen-bond acceptors (Lipinski definition) is 3. The Kier molecular flexibility index (Phi) is 5.52. The van der Waals surface area contributed by atoms with E-state index in [2.05, 4.69) is 16.3 Å². The third kappa shape index (κ3) is 4.61. The lowest BCUT2D eigenvalue weighted by Crippen LogP contribution is -3.19. The highest BCUT2D eigenvalue weighted by Gasteiger charge is 2.31. The van der Waals surface area contributed by atoms with Crippen LogP contribution >= 0.6 is 0 Å². The summed E-state index contributed by atoms with van der Waals surface area (Å²) in [6.45, 7) is 11.9. The van der Waals surface area contributed by atoms with Crippen LogP contribution < -0.4 is 19.9 Å². The number of ether oxygens (including phenoxy) is 1. The van der Waals surface area contributed by atoms with Crippen LogP contribution in [0.1, 0.15) is 27.7 Å². The zero-order chi connectivity index (χ0) is 17.0. The van der Waals surface area contributed by atoms with Gasteiger partial charge in [-0.2, -0.15) is 0 Å². The van der Waals surface area contributed by atoms with Gasteiger partial charge in [0.05, 0.1) is 39.0 Å². The number of carbonyl (C=O) groups is 1. The fourth-order valence-corrected chi connectivity index (χ4v) is 3.02. The quantitative estimate of drug-likeness (QED) is 0.859. The van der Waals surface area contributed by atoms with Crippen molar-refractivity contribution in [1.29, 1.82) is 0 Å². The van der Waals surface area contributed by atoms with Gasteiger partial charge in [0, 0.05) is 5.54 Å². The van der Waals surface area contributed by atoms with Gasteiger partial charge < -0.3 is 19.9 Å². The van der Waals surface area contributed by atoms with E-state index in [9.17, 15) is 4.79 Å². The number of nitrogens with one attached hydrogen (secondary N) is 2. The molecule has 1 saturated heterocycles. The molecule has 0 unspecified atom stereocenters. The largest absolute Gasteiger partial charge is 0.495 e. The smallest absolute Gasteiger partial charge is 0.278 e. The van der Waals surface area contributed by atoms with Crippen LogP contribution in [0.25, 0.3) is 0 Å². The van der Waals surface area contributed by atoms with Crippen molar-refractivity contribution in [3.63, 3.8) is 0 Å². The summed E-state index contributed by atoms with van der Waals surface area (Å²) in [5.41, 5.74) is 0.963. The van der Waals surface area contributed by atoms with Gasteiger partial charge >= 0.3 is 0 Å². The molecule has 1 fully saturated rings. The van der Waals surface area contributed by atoms with Crippen LogP contribution in [-0.2, 0) is 4.79 Å². The summed E-state index contributed by atoms with van der Waals surface area (Å²) in [6.07, 6.45) is 0. The number of methoxy groups -OCH3 is 1. The molecule has 1 amide bonds. The third-order valence-electron chi connectivity index (χ3n) is 4.34. The Labute approximate surface area is 139 Å². The molecular formula is C18H30N3O2+. The first kappa shape index (κ1) is 17.6. The van der Waals surface area contributed by atoms with Crippen molar-refractivity contribution in [1.82, 2.24) is 5.32 Å². The Balaban J connectivity index is 1.94. The molecule has 2 N–H and O–H groups in total. The van der Waals surface area contributed by atoms with Crippen LogP contribution in [0.4, 0.5) is 5.69 Å². The summed E-state index contributed by atoms with van der Waals surface area (Å²) in [6, 6.07) is 8.10. The molecule has 0 saturated carbocycles. The summed E-state index contributed by atoms with van der Waals surface area (Å²) in [5, 5.41) is 3.08. The van der Waals surface area contributed by atoms with Crippen molar-refractivity contribution >= 4 is 11.6 Å². The Morgan fingerprint density at radius 3 is 2.43 bits per heavy atom. The van der Waals surface area contributed by atoms with Crippen LogP contribution in [0.2, 0.25) is 0 Å². The van der Waals surface area contributed by atoms with E-state index in [0.717, 1.165) is 37.6 Å². The van der Waals surface area contributed by atoms with E-state index < -0.39 is 0 Å². The fraction of sp³-hybridized carbons (Fsp3) is 0.611. The second kappa shape index (κ2) is 7.21. The summed E-state index contributed by atoms with van der Waals surface area (Å²) in [7, 11) is 1.71. The van der Waals surface area contributed by atoms with Gasteiger partial charge in [0.15, 0.2) is 6.04 Å². The number of anilines is 1. The maximum atomic E-state index is 12.3. The Morgan fingerprint density at radius 2 is 1.87 bits per heavy atom. The molecule has 5 heteroatoms. The average molecular weight is 320 g/mol. The number of amides is 1. The molecule has 1 aliphatic rings. The number of nitrogens with zero attached hydrogens (tertiary/aromatic N) is 1. The molecule has 5 nitrogen and oxygen atoms in total. The molecular weight excluding hydrogens is 290 g/mol. The van der Waals surface area contributed by atoms with Crippen molar-refractivity contribution in [3.8, 4) is 5.75 Å². The SMILES string of the molecule is COc1ccccc1N1CC[NH+]([C@H](C)C(=O)NC(C)(C)C)CC1. The number of quaternary nitrogens is 1. The number of rotatable bonds is 4. The second-order valence-electron chi connectivity index (χ2n) is 7.28. The Morgan fingerprint density at radius 1 is 1.26 bits per heavy atom. The van der Waals surface area contributed by atoms with Crippen LogP contribution in [0.15, 0.2) is 24.3 Å². The number of carbonyl (C=O) groups excluding carboxylic acids is 1. The fourth-order valence-electron chi connectivity index (χ4n) is 3.02. The summed E-state index contributed by atoms with van der Waals surface area (Å²) < 4.78 is 5.45. The van der Waals surface area contributed by atoms with Gasteiger partial charge in [0.25, 0.3) is 5.91 Å². The highest BCUT2D eigenvalue weighted by Crippen LogP contribution is 2.27. The zero-order valence-electron chi connectivity index (χ0n) is 15.0. The lowest BCUT2D eigenvalue weighted by atomic mass is 10.1. The molecule has 0 aliphatic carbocycles. The molecule has 0 radical (unpaired) electrons. The molecule has 0 aromatic heterocycles. The Hall–Kier alpha value is -1.75. The predicted octanol–water partition coefficient (Wildman–Crippen LogP) is 0.703. The number of hydrogen-bond donors (Lipinski definition) is 2. The van der Waals surface area contributed by atoms with Gasteiger partial charge in [-0.05, 0) is 39.8 Å². The molecule has 1 aromatic rings. The monoisotopic (exact) mass is 320 g/mol. The average Bonchev–Trinajstić information content (AvgIpc) is 2.52. The van der Waals surface area contributed by atoms with Crippen LogP contribution in [0.3, 0.4) is 0 Å². The molecule has 1 aliphatic heterocycles. The van der Waals surface area contributed by atoms with E-state index in [1.165, 1.54) is 4.90 Å². The van der Waals surface area contributed by atoms with E-state index in [1.807, 2.05) is 45.9 Å². The van der Waals surface area contributed by atoms with Crippen molar-refractivity contribution in [2.75, 3.05) is 38.2 Å². The van der Waals surface area contributed by atoms with Gasteiger partial charge in [0.1, 0.15) is 5.75 Å². The van der Waals surface area contributed by atoms with Gasteiger partial charge in [-0.25, -0.2) is 0 Å². The normalized spacial score (nSPS) is 17.7. The minimum Gasteiger partial charge on any atom is -0.495 e. The highest BCUT2D eigenvalue weighted by atomic mass is 16.5. The van der Waals surface area contributed by atoms with E-state index in [0.29, 0.717) is 0 Å². The van der Waals surface area contributed by atoms with Crippen molar-refractivity contribution in [2.24, 2.45) is 0 Å². The van der Waals surface area contributed by atoms with E-state index in [4.69, 9.17) is 4.74 Å². The Bertz CT molecular complexity index is 531. The van der Waals surface area contributed by atoms with Gasteiger partial charge in [-0.15, -0.1) is 0 Å². The van der Waals surface area contributed by atoms with E-state index in [1.54, 1.807) is 7.11 Å². The van der Waals surface area contributed by atoms with Crippen LogP contribution in [0.5, 0.6) is 5.75 Å². The van der Waals surface area contributed by atoms with Crippen molar-refractivity contribution in [2.45, 2.75) is 39.3 Å². The number of para-hydroxylation sites is 2. The maximum absolute atomic E-state index is 12.3. The molecule has 128 valence electrons. The molecule has 1 aromatic carbocycles. The van der Waals surface area contributed by atoms with Crippen molar-refractivity contribution in [3.05, 3.63) is 24.3 Å². The second-order valence-corrected chi connectivity index (χ2v) is 7.28. The minimum absolute atomic E-state index is 0.0194. The van der Waals surface area contributed by atoms with E-state index >= 15 is 0 Å². The molecule has 23 heavy (non-hydrogen) atoms. The summed E-state index contributed by atoms with van der Waals surface area (Å²) in [4.78, 5) is 16.0. The summed E-state index contributed by atoms with van der Waals surface area (Å²) >= 11 is 0. The maximum Gasteiger partial charge on any atom is 0.278 e. The molecule has 0 spiro atoms. The van der Waals surface area contributed by atoms with Gasteiger partial charge in [0.2, 0.25) is 0 Å². The number of piperazine rings is 1. The predicted molar refractivity (Wildman–Crippen MR) is 93.3 cm³/mol. The zero-order valence-corrected chi connectivity index (χ0v) is 15.0. The van der Waals surface area contributed by atoms with Crippen LogP contribution in [0, 0.1) is 0 Å². The first-order valence-electron chi connectivity index (χ1n) is 8.36. The molecule has 1 atom stereocenters. The van der Waals surface area contributed by atoms with Crippen molar-refractivity contribution < 1.29 is 14.4 Å². The third-order valence-corrected chi connectivity index (χ3v) is 4.34. The topological polar surface area (TPSA) is 46.0 Å². The first-order chi connectivity index (χ1) is 10.8.